The zero-order valence-electron chi connectivity index (χ0n) is 12.4. The second-order valence-corrected chi connectivity index (χ2v) is 4.76. The summed E-state index contributed by atoms with van der Waals surface area (Å²) in [7, 11) is 1.31. The second kappa shape index (κ2) is 6.77. The van der Waals surface area contributed by atoms with Gasteiger partial charge in [0, 0.05) is 6.42 Å². The molecule has 2 heterocycles. The Labute approximate surface area is 131 Å². The molecule has 3 rings (SSSR count). The fraction of sp³-hybridized carbons (Fsp3) is 0.286. The lowest BCUT2D eigenvalue weighted by Gasteiger charge is -1.94. The standard InChI is InChI=1S/C14H14N6O3/c1-22-14(21)8-12-16-19-20(17-12)9-13-15-11(18-23-13)7-10-5-3-2-4-6-10/h2-6H,7-9H2,1H3. The van der Waals surface area contributed by atoms with Crippen LogP contribution in [0.2, 0.25) is 0 Å². The summed E-state index contributed by atoms with van der Waals surface area (Å²) in [6, 6.07) is 9.85. The first-order chi connectivity index (χ1) is 11.2. The Bertz CT molecular complexity index is 783. The number of aromatic nitrogens is 6. The molecule has 118 valence electrons. The van der Waals surface area contributed by atoms with E-state index in [2.05, 4.69) is 30.3 Å². The maximum Gasteiger partial charge on any atom is 0.313 e. The van der Waals surface area contributed by atoms with E-state index in [4.69, 9.17) is 4.52 Å². The summed E-state index contributed by atoms with van der Waals surface area (Å²) in [6.07, 6.45) is 0.558. The number of tetrazole rings is 1. The predicted octanol–water partition coefficient (Wildman–Crippen LogP) is 0.411. The maximum atomic E-state index is 11.1. The Hall–Kier alpha value is -3.10. The van der Waals surface area contributed by atoms with Gasteiger partial charge in [0.05, 0.1) is 7.11 Å². The summed E-state index contributed by atoms with van der Waals surface area (Å²) in [5, 5.41) is 15.6. The molecule has 0 aliphatic rings. The maximum absolute atomic E-state index is 11.1. The second-order valence-electron chi connectivity index (χ2n) is 4.76. The Morgan fingerprint density at radius 1 is 1.26 bits per heavy atom. The molecule has 23 heavy (non-hydrogen) atoms. The zero-order valence-corrected chi connectivity index (χ0v) is 12.4. The van der Waals surface area contributed by atoms with Gasteiger partial charge in [0.25, 0.3) is 0 Å². The summed E-state index contributed by atoms with van der Waals surface area (Å²) >= 11 is 0. The smallest absolute Gasteiger partial charge is 0.313 e. The fourth-order valence-corrected chi connectivity index (χ4v) is 1.94. The average Bonchev–Trinajstić information content (AvgIpc) is 3.18. The van der Waals surface area contributed by atoms with Gasteiger partial charge >= 0.3 is 5.97 Å². The Kier molecular flexibility index (Phi) is 4.37. The summed E-state index contributed by atoms with van der Waals surface area (Å²) < 4.78 is 9.72. The van der Waals surface area contributed by atoms with E-state index in [0.717, 1.165) is 5.56 Å². The van der Waals surface area contributed by atoms with Crippen molar-refractivity contribution < 1.29 is 14.1 Å². The first kappa shape index (κ1) is 14.8. The molecule has 3 aromatic rings. The fourth-order valence-electron chi connectivity index (χ4n) is 1.94. The van der Waals surface area contributed by atoms with Crippen LogP contribution in [0.1, 0.15) is 23.1 Å². The summed E-state index contributed by atoms with van der Waals surface area (Å²) in [4.78, 5) is 16.7. The highest BCUT2D eigenvalue weighted by atomic mass is 16.5. The first-order valence-corrected chi connectivity index (χ1v) is 6.92. The van der Waals surface area contributed by atoms with E-state index in [9.17, 15) is 4.79 Å². The topological polar surface area (TPSA) is 109 Å². The molecule has 0 atom stereocenters. The molecule has 0 saturated carbocycles. The molecule has 0 bridgehead atoms. The number of nitrogens with zero attached hydrogens (tertiary/aromatic N) is 6. The SMILES string of the molecule is COC(=O)Cc1nnn(Cc2nc(Cc3ccccc3)no2)n1. The van der Waals surface area contributed by atoms with Gasteiger partial charge in [-0.05, 0) is 10.8 Å². The van der Waals surface area contributed by atoms with Crippen LogP contribution < -0.4 is 0 Å². The lowest BCUT2D eigenvalue weighted by molar-refractivity contribution is -0.139. The number of hydrogen-bond acceptors (Lipinski definition) is 8. The highest BCUT2D eigenvalue weighted by molar-refractivity contribution is 5.71. The van der Waals surface area contributed by atoms with E-state index in [-0.39, 0.29) is 18.8 Å². The average molecular weight is 314 g/mol. The molecule has 9 nitrogen and oxygen atoms in total. The minimum absolute atomic E-state index is 0.0282. The third-order valence-electron chi connectivity index (χ3n) is 3.02. The van der Waals surface area contributed by atoms with Gasteiger partial charge in [0.15, 0.2) is 11.6 Å². The van der Waals surface area contributed by atoms with Crippen molar-refractivity contribution in [2.45, 2.75) is 19.4 Å². The van der Waals surface area contributed by atoms with Crippen molar-refractivity contribution in [2.75, 3.05) is 7.11 Å². The number of benzene rings is 1. The van der Waals surface area contributed by atoms with E-state index in [1.807, 2.05) is 30.3 Å². The molecule has 1 aromatic carbocycles. The van der Waals surface area contributed by atoms with E-state index < -0.39 is 5.97 Å². The van der Waals surface area contributed by atoms with Crippen LogP contribution >= 0.6 is 0 Å². The quantitative estimate of drug-likeness (QED) is 0.602. The Morgan fingerprint density at radius 3 is 2.87 bits per heavy atom. The van der Waals surface area contributed by atoms with Crippen molar-refractivity contribution in [1.29, 1.82) is 0 Å². The molecule has 2 aromatic heterocycles. The van der Waals surface area contributed by atoms with Crippen LogP contribution in [0.25, 0.3) is 0 Å². The normalized spacial score (nSPS) is 10.7. The van der Waals surface area contributed by atoms with Gasteiger partial charge in [0.2, 0.25) is 5.89 Å². The zero-order chi connectivity index (χ0) is 16.1. The van der Waals surface area contributed by atoms with Crippen LogP contribution in [0.4, 0.5) is 0 Å². The number of methoxy groups -OCH3 is 1. The summed E-state index contributed by atoms with van der Waals surface area (Å²) in [5.41, 5.74) is 1.10. The predicted molar refractivity (Wildman–Crippen MR) is 76.2 cm³/mol. The van der Waals surface area contributed by atoms with Crippen molar-refractivity contribution in [3.05, 3.63) is 53.4 Å². The minimum Gasteiger partial charge on any atom is -0.469 e. The summed E-state index contributed by atoms with van der Waals surface area (Å²) in [6.45, 7) is 0.190. The molecule has 0 N–H and O–H groups in total. The Morgan fingerprint density at radius 2 is 2.09 bits per heavy atom. The van der Waals surface area contributed by atoms with Crippen molar-refractivity contribution in [3.8, 4) is 0 Å². The first-order valence-electron chi connectivity index (χ1n) is 6.92. The lowest BCUT2D eigenvalue weighted by atomic mass is 10.1. The van der Waals surface area contributed by atoms with Gasteiger partial charge in [-0.1, -0.05) is 35.5 Å². The van der Waals surface area contributed by atoms with E-state index in [0.29, 0.717) is 18.1 Å². The molecule has 0 saturated heterocycles. The lowest BCUT2D eigenvalue weighted by Crippen LogP contribution is -2.08. The number of ether oxygens (including phenoxy) is 1. The Balaban J connectivity index is 1.62. The van der Waals surface area contributed by atoms with Crippen LogP contribution in [-0.2, 0) is 28.9 Å². The largest absolute Gasteiger partial charge is 0.469 e. The molecule has 0 aliphatic heterocycles. The van der Waals surface area contributed by atoms with Crippen LogP contribution in [0.5, 0.6) is 0 Å². The molecule has 0 aliphatic carbocycles. The molecule has 0 radical (unpaired) electrons. The molecule has 0 fully saturated rings. The van der Waals surface area contributed by atoms with Gasteiger partial charge in [-0.25, -0.2) is 0 Å². The van der Waals surface area contributed by atoms with Crippen molar-refractivity contribution in [1.82, 2.24) is 30.3 Å². The summed E-state index contributed by atoms with van der Waals surface area (Å²) in [5.74, 6) is 0.812. The number of carbonyl (C=O) groups excluding carboxylic acids is 1. The number of hydrogen-bond donors (Lipinski definition) is 0. The minimum atomic E-state index is -0.424. The molecular weight excluding hydrogens is 300 g/mol. The third-order valence-corrected chi connectivity index (χ3v) is 3.02. The number of carbonyl (C=O) groups is 1. The molecule has 0 amide bonds. The van der Waals surface area contributed by atoms with Crippen molar-refractivity contribution in [2.24, 2.45) is 0 Å². The van der Waals surface area contributed by atoms with Gasteiger partial charge in [-0.15, -0.1) is 10.2 Å². The van der Waals surface area contributed by atoms with Crippen LogP contribution in [0.15, 0.2) is 34.9 Å². The molecule has 9 heteroatoms. The molecule has 0 unspecified atom stereocenters. The van der Waals surface area contributed by atoms with E-state index >= 15 is 0 Å². The van der Waals surface area contributed by atoms with Crippen molar-refractivity contribution >= 4 is 5.97 Å². The van der Waals surface area contributed by atoms with Crippen molar-refractivity contribution in [3.63, 3.8) is 0 Å². The highest BCUT2D eigenvalue weighted by Crippen LogP contribution is 2.07. The molecule has 0 spiro atoms. The molecular formula is C14H14N6O3. The number of rotatable bonds is 6. The van der Waals surface area contributed by atoms with Gasteiger partial charge in [0.1, 0.15) is 13.0 Å². The third kappa shape index (κ3) is 3.96. The van der Waals surface area contributed by atoms with Gasteiger partial charge in [-0.2, -0.15) is 9.78 Å². The van der Waals surface area contributed by atoms with Gasteiger partial charge < -0.3 is 9.26 Å². The van der Waals surface area contributed by atoms with Crippen LogP contribution in [0, 0.1) is 0 Å². The van der Waals surface area contributed by atoms with Crippen LogP contribution in [0.3, 0.4) is 0 Å². The van der Waals surface area contributed by atoms with Gasteiger partial charge in [-0.3, -0.25) is 4.79 Å². The van der Waals surface area contributed by atoms with E-state index in [1.165, 1.54) is 11.9 Å². The monoisotopic (exact) mass is 314 g/mol. The van der Waals surface area contributed by atoms with Crippen LogP contribution in [-0.4, -0.2) is 43.4 Å². The highest BCUT2D eigenvalue weighted by Gasteiger charge is 2.12. The van der Waals surface area contributed by atoms with E-state index in [1.54, 1.807) is 0 Å². The number of esters is 1.